The van der Waals surface area contributed by atoms with Gasteiger partial charge in [-0.3, -0.25) is 0 Å². The molecule has 0 bridgehead atoms. The van der Waals surface area contributed by atoms with Gasteiger partial charge in [0.15, 0.2) is 11.5 Å². The largest absolute Gasteiger partial charge is 1.00 e. The number of hydrogen-bond donors (Lipinski definition) is 0. The van der Waals surface area contributed by atoms with E-state index in [4.69, 9.17) is 21.1 Å². The van der Waals surface area contributed by atoms with E-state index in [1.807, 2.05) is 38.2 Å². The summed E-state index contributed by atoms with van der Waals surface area (Å²) < 4.78 is 13.2. The second kappa shape index (κ2) is 6.59. The van der Waals surface area contributed by atoms with Gasteiger partial charge in [0.2, 0.25) is 11.2 Å². The highest BCUT2D eigenvalue weighted by atomic mass is 35.5. The predicted octanol–water partition coefficient (Wildman–Crippen LogP) is 0.834. The Kier molecular flexibility index (Phi) is 4.99. The lowest BCUT2D eigenvalue weighted by Crippen LogP contribution is -3.00. The Labute approximate surface area is 141 Å². The van der Waals surface area contributed by atoms with E-state index in [2.05, 4.69) is 16.7 Å². The van der Waals surface area contributed by atoms with Crippen molar-refractivity contribution in [3.8, 4) is 22.8 Å². The van der Waals surface area contributed by atoms with Crippen molar-refractivity contribution in [3.05, 3.63) is 41.4 Å². The van der Waals surface area contributed by atoms with Crippen molar-refractivity contribution in [2.24, 2.45) is 7.05 Å². The van der Waals surface area contributed by atoms with Crippen LogP contribution in [-0.4, -0.2) is 13.7 Å². The third-order valence-corrected chi connectivity index (χ3v) is 3.96. The molecular weight excluding hydrogens is 321 g/mol. The number of rotatable bonds is 3. The van der Waals surface area contributed by atoms with Gasteiger partial charge in [-0.1, -0.05) is 23.7 Å². The number of hydrogen-bond acceptors (Lipinski definition) is 2. The number of halogens is 2. The SMILES string of the molecule is CCOc1cc(Cl)c2[n+](C)c3ccccc3c-2cc1OC.[Cl-]. The number of aromatic nitrogens is 1. The van der Waals surface area contributed by atoms with Gasteiger partial charge in [-0.05, 0) is 19.1 Å². The van der Waals surface area contributed by atoms with Crippen LogP contribution in [0.1, 0.15) is 6.92 Å². The van der Waals surface area contributed by atoms with E-state index < -0.39 is 0 Å². The summed E-state index contributed by atoms with van der Waals surface area (Å²) in [5.41, 5.74) is 3.17. The average molecular weight is 338 g/mol. The first-order valence-electron chi connectivity index (χ1n) is 6.88. The first-order valence-corrected chi connectivity index (χ1v) is 7.26. The van der Waals surface area contributed by atoms with Crippen molar-refractivity contribution in [2.45, 2.75) is 6.92 Å². The molecule has 5 heteroatoms. The van der Waals surface area contributed by atoms with Gasteiger partial charge >= 0.3 is 0 Å². The van der Waals surface area contributed by atoms with Gasteiger partial charge in [-0.2, -0.15) is 4.57 Å². The van der Waals surface area contributed by atoms with Crippen LogP contribution in [0, 0.1) is 0 Å². The lowest BCUT2D eigenvalue weighted by atomic mass is 10.1. The quantitative estimate of drug-likeness (QED) is 0.661. The smallest absolute Gasteiger partial charge is 0.232 e. The molecule has 3 rings (SSSR count). The second-order valence-electron chi connectivity index (χ2n) is 4.84. The second-order valence-corrected chi connectivity index (χ2v) is 5.25. The van der Waals surface area contributed by atoms with E-state index in [0.29, 0.717) is 23.1 Å². The van der Waals surface area contributed by atoms with Crippen LogP contribution >= 0.6 is 11.6 Å². The van der Waals surface area contributed by atoms with Crippen LogP contribution in [0.15, 0.2) is 36.4 Å². The van der Waals surface area contributed by atoms with Crippen LogP contribution in [0.25, 0.3) is 22.2 Å². The lowest BCUT2D eigenvalue weighted by molar-refractivity contribution is -0.631. The van der Waals surface area contributed by atoms with Gasteiger partial charge in [0.05, 0.1) is 24.7 Å². The van der Waals surface area contributed by atoms with Gasteiger partial charge in [0.25, 0.3) is 0 Å². The highest BCUT2D eigenvalue weighted by molar-refractivity contribution is 6.33. The van der Waals surface area contributed by atoms with Crippen LogP contribution in [-0.2, 0) is 7.05 Å². The van der Waals surface area contributed by atoms with Gasteiger partial charge in [-0.15, -0.1) is 0 Å². The monoisotopic (exact) mass is 337 g/mol. The lowest BCUT2D eigenvalue weighted by Gasteiger charge is -2.05. The summed E-state index contributed by atoms with van der Waals surface area (Å²) in [6.07, 6.45) is 0. The highest BCUT2D eigenvalue weighted by Gasteiger charge is 2.27. The Balaban J connectivity index is 0.00000176. The molecule has 116 valence electrons. The molecule has 0 spiro atoms. The Hall–Kier alpha value is -1.71. The fourth-order valence-electron chi connectivity index (χ4n) is 2.74. The molecule has 0 unspecified atom stereocenters. The van der Waals surface area contributed by atoms with Crippen LogP contribution in [0.4, 0.5) is 0 Å². The minimum atomic E-state index is 0. The summed E-state index contributed by atoms with van der Waals surface area (Å²) in [6.45, 7) is 2.50. The van der Waals surface area contributed by atoms with Crippen molar-refractivity contribution in [1.29, 1.82) is 0 Å². The zero-order valence-corrected chi connectivity index (χ0v) is 14.2. The molecule has 0 fully saturated rings. The van der Waals surface area contributed by atoms with Crippen molar-refractivity contribution in [3.63, 3.8) is 0 Å². The van der Waals surface area contributed by atoms with E-state index in [1.54, 1.807) is 7.11 Å². The molecule has 1 aliphatic heterocycles. The third kappa shape index (κ3) is 2.55. The normalized spacial score (nSPS) is 10.5. The maximum atomic E-state index is 6.53. The average Bonchev–Trinajstić information content (AvgIpc) is 2.68. The summed E-state index contributed by atoms with van der Waals surface area (Å²) in [5.74, 6) is 1.34. The third-order valence-electron chi connectivity index (χ3n) is 3.67. The van der Waals surface area contributed by atoms with Gasteiger partial charge in [0, 0.05) is 12.1 Å². The zero-order chi connectivity index (χ0) is 15.0. The molecule has 1 heterocycles. The molecule has 1 aromatic carbocycles. The van der Waals surface area contributed by atoms with Crippen molar-refractivity contribution >= 4 is 22.5 Å². The van der Waals surface area contributed by atoms with Crippen LogP contribution in [0.2, 0.25) is 5.02 Å². The Bertz CT molecular complexity index is 789. The molecule has 0 aromatic heterocycles. The number of ether oxygens (including phenoxy) is 2. The number of nitrogens with zero attached hydrogens (tertiary/aromatic N) is 1. The maximum Gasteiger partial charge on any atom is 0.232 e. The van der Waals surface area contributed by atoms with Gasteiger partial charge in [-0.25, -0.2) is 0 Å². The molecular formula is C17H17Cl2NO2. The molecule has 3 nitrogen and oxygen atoms in total. The molecule has 22 heavy (non-hydrogen) atoms. The topological polar surface area (TPSA) is 22.3 Å². The van der Waals surface area contributed by atoms with E-state index in [-0.39, 0.29) is 12.4 Å². The first kappa shape index (κ1) is 16.7. The summed E-state index contributed by atoms with van der Waals surface area (Å²) in [5, 5.41) is 1.80. The Morgan fingerprint density at radius 2 is 1.86 bits per heavy atom. The molecule has 0 N–H and O–H groups in total. The maximum absolute atomic E-state index is 6.53. The number of aryl methyl sites for hydroxylation is 1. The predicted molar refractivity (Wildman–Crippen MR) is 84.5 cm³/mol. The number of fused-ring (bicyclic) bond motifs is 3. The molecule has 1 aliphatic carbocycles. The van der Waals surface area contributed by atoms with E-state index in [1.165, 1.54) is 0 Å². The Morgan fingerprint density at radius 3 is 2.55 bits per heavy atom. The molecule has 1 aromatic rings. The van der Waals surface area contributed by atoms with E-state index >= 15 is 0 Å². The minimum Gasteiger partial charge on any atom is -1.00 e. The van der Waals surface area contributed by atoms with Crippen LogP contribution in [0.5, 0.6) is 11.5 Å². The zero-order valence-electron chi connectivity index (χ0n) is 12.7. The molecule has 0 saturated carbocycles. The van der Waals surface area contributed by atoms with Crippen molar-refractivity contribution in [2.75, 3.05) is 13.7 Å². The summed E-state index contributed by atoms with van der Waals surface area (Å²) in [6, 6.07) is 12.0. The fourth-order valence-corrected chi connectivity index (χ4v) is 3.07. The molecule has 0 saturated heterocycles. The summed E-state index contributed by atoms with van der Waals surface area (Å²) in [7, 11) is 3.66. The fraction of sp³-hybridized carbons (Fsp3) is 0.235. The standard InChI is InChI=1S/C17H17ClNO2.ClH/c1-4-21-16-10-13(18)17-12(9-15(16)20-3)11-7-5-6-8-14(11)19(17)2;/h5-10H,4H2,1-3H3;1H/q+1;/p-1. The first-order chi connectivity index (χ1) is 10.2. The van der Waals surface area contributed by atoms with E-state index in [0.717, 1.165) is 22.2 Å². The number of benzene rings is 1. The minimum absolute atomic E-state index is 0. The highest BCUT2D eigenvalue weighted by Crippen LogP contribution is 2.40. The van der Waals surface area contributed by atoms with Crippen LogP contribution in [0.3, 0.4) is 0 Å². The van der Waals surface area contributed by atoms with Gasteiger partial charge < -0.3 is 21.9 Å². The summed E-state index contributed by atoms with van der Waals surface area (Å²) in [4.78, 5) is 0. The molecule has 0 atom stereocenters. The molecule has 2 aliphatic rings. The van der Waals surface area contributed by atoms with Crippen molar-refractivity contribution < 1.29 is 26.4 Å². The molecule has 0 amide bonds. The van der Waals surface area contributed by atoms with E-state index in [9.17, 15) is 0 Å². The van der Waals surface area contributed by atoms with Crippen LogP contribution < -0.4 is 26.4 Å². The number of para-hydroxylation sites is 1. The molecule has 0 radical (unpaired) electrons. The Morgan fingerprint density at radius 1 is 1.14 bits per heavy atom. The van der Waals surface area contributed by atoms with Crippen molar-refractivity contribution in [1.82, 2.24) is 0 Å². The van der Waals surface area contributed by atoms with Gasteiger partial charge in [0.1, 0.15) is 12.1 Å². The summed E-state index contributed by atoms with van der Waals surface area (Å²) >= 11 is 6.53. The number of methoxy groups -OCH3 is 1.